The summed E-state index contributed by atoms with van der Waals surface area (Å²) in [6.07, 6.45) is 1.92. The van der Waals surface area contributed by atoms with Gasteiger partial charge in [0.05, 0.1) is 18.3 Å². The van der Waals surface area contributed by atoms with E-state index < -0.39 is 0 Å². The predicted octanol–water partition coefficient (Wildman–Crippen LogP) is 7.65. The van der Waals surface area contributed by atoms with Crippen molar-refractivity contribution >= 4 is 33.1 Å². The molecule has 3 aromatic carbocycles. The van der Waals surface area contributed by atoms with Gasteiger partial charge in [0, 0.05) is 48.5 Å². The number of aryl methyl sites for hydroxylation is 1. The lowest BCUT2D eigenvalue weighted by Crippen LogP contribution is -2.17. The molecule has 1 aromatic heterocycles. The first-order valence-corrected chi connectivity index (χ1v) is 13.3. The highest BCUT2D eigenvalue weighted by Gasteiger charge is 2.18. The third-order valence-electron chi connectivity index (χ3n) is 6.14. The second kappa shape index (κ2) is 14.0. The molecule has 0 aliphatic rings. The zero-order valence-electron chi connectivity index (χ0n) is 24.8. The number of pyridine rings is 1. The van der Waals surface area contributed by atoms with Crippen molar-refractivity contribution in [3.05, 3.63) is 71.4 Å². The quantitative estimate of drug-likeness (QED) is 0.242. The Morgan fingerprint density at radius 1 is 0.757 bits per heavy atom. The molecule has 200 valence electrons. The Hall–Kier alpha value is -3.15. The number of anilines is 2. The first-order chi connectivity index (χ1) is 17.8. The monoisotopic (exact) mass is 502 g/mol. The molecule has 4 aromatic rings. The van der Waals surface area contributed by atoms with Crippen LogP contribution in [0.2, 0.25) is 0 Å². The maximum absolute atomic E-state index is 5.87. The van der Waals surface area contributed by atoms with E-state index in [0.717, 1.165) is 41.1 Å². The average molecular weight is 503 g/mol. The summed E-state index contributed by atoms with van der Waals surface area (Å²) in [4.78, 5) is 11.4. The molecule has 0 unspecified atom stereocenters. The Kier molecular flexibility index (Phi) is 11.4. The Balaban J connectivity index is 0.00000115. The maximum Gasteiger partial charge on any atom is 0.128 e. The Bertz CT molecular complexity index is 1270. The van der Waals surface area contributed by atoms with Gasteiger partial charge in [0.1, 0.15) is 5.75 Å². The maximum atomic E-state index is 5.87. The van der Waals surface area contributed by atoms with Crippen LogP contribution in [0.3, 0.4) is 0 Å². The lowest BCUT2D eigenvalue weighted by atomic mass is 9.99. The SMILES string of the molecule is CC.CC.COc1c(CN(C)C)cc(N(C)c2ccnc3c(C)c4ccccc4cc23)cc1CN(C)C. The lowest BCUT2D eigenvalue weighted by Gasteiger charge is -2.26. The highest BCUT2D eigenvalue weighted by atomic mass is 16.5. The van der Waals surface area contributed by atoms with Crippen molar-refractivity contribution in [2.45, 2.75) is 47.7 Å². The third kappa shape index (κ3) is 6.79. The van der Waals surface area contributed by atoms with E-state index in [-0.39, 0.29) is 0 Å². The van der Waals surface area contributed by atoms with Gasteiger partial charge in [-0.2, -0.15) is 0 Å². The highest BCUT2D eigenvalue weighted by Crippen LogP contribution is 2.38. The Morgan fingerprint density at radius 2 is 1.32 bits per heavy atom. The summed E-state index contributed by atoms with van der Waals surface area (Å²) in [5.74, 6) is 0.968. The molecule has 0 radical (unpaired) electrons. The molecule has 4 rings (SSSR count). The van der Waals surface area contributed by atoms with Crippen LogP contribution in [0.25, 0.3) is 21.7 Å². The summed E-state index contributed by atoms with van der Waals surface area (Å²) in [6.45, 7) is 11.8. The molecule has 1 heterocycles. The van der Waals surface area contributed by atoms with Crippen LogP contribution < -0.4 is 9.64 Å². The van der Waals surface area contributed by atoms with Crippen molar-refractivity contribution < 1.29 is 4.74 Å². The number of rotatable bonds is 7. The summed E-state index contributed by atoms with van der Waals surface area (Å²) < 4.78 is 5.87. The van der Waals surface area contributed by atoms with Crippen LogP contribution in [0.15, 0.2) is 54.7 Å². The molecule has 5 heteroatoms. The van der Waals surface area contributed by atoms with E-state index >= 15 is 0 Å². The van der Waals surface area contributed by atoms with E-state index in [0.29, 0.717) is 0 Å². The standard InChI is InChI=1S/C28H34N4O.2C2H6/c1-19-24-11-9-8-10-20(24)16-25-26(12-13-29-27(19)25)32(6)23-14-21(17-30(2)3)28(33-7)22(15-23)18-31(4)5;2*1-2/h8-16H,17-18H2,1-7H3;2*1-2H3. The first kappa shape index (κ1) is 30.1. The van der Waals surface area contributed by atoms with E-state index in [2.05, 4.69) is 105 Å². The molecule has 0 amide bonds. The molecule has 0 fully saturated rings. The van der Waals surface area contributed by atoms with Crippen LogP contribution >= 0.6 is 0 Å². The molecule has 0 aliphatic carbocycles. The minimum atomic E-state index is 0.812. The normalized spacial score (nSPS) is 10.7. The van der Waals surface area contributed by atoms with Crippen molar-refractivity contribution in [1.29, 1.82) is 0 Å². The van der Waals surface area contributed by atoms with Gasteiger partial charge in [-0.15, -0.1) is 0 Å². The van der Waals surface area contributed by atoms with E-state index in [1.165, 1.54) is 27.5 Å². The Morgan fingerprint density at radius 3 is 1.86 bits per heavy atom. The molecule has 0 saturated heterocycles. The van der Waals surface area contributed by atoms with Crippen molar-refractivity contribution in [1.82, 2.24) is 14.8 Å². The van der Waals surface area contributed by atoms with Gasteiger partial charge in [-0.1, -0.05) is 52.0 Å². The number of aromatic nitrogens is 1. The van der Waals surface area contributed by atoms with E-state index in [1.54, 1.807) is 7.11 Å². The van der Waals surface area contributed by atoms with Crippen LogP contribution in [0, 0.1) is 6.92 Å². The molecule has 0 N–H and O–H groups in total. The average Bonchev–Trinajstić information content (AvgIpc) is 2.90. The fourth-order valence-electron chi connectivity index (χ4n) is 4.69. The van der Waals surface area contributed by atoms with Crippen LogP contribution in [0.4, 0.5) is 11.4 Å². The van der Waals surface area contributed by atoms with Gasteiger partial charge in [0.25, 0.3) is 0 Å². The van der Waals surface area contributed by atoms with Gasteiger partial charge < -0.3 is 19.4 Å². The molecule has 5 nitrogen and oxygen atoms in total. The zero-order valence-corrected chi connectivity index (χ0v) is 24.8. The summed E-state index contributed by atoms with van der Waals surface area (Å²) >= 11 is 0. The summed E-state index contributed by atoms with van der Waals surface area (Å²) in [5, 5.41) is 3.65. The minimum absolute atomic E-state index is 0.812. The van der Waals surface area contributed by atoms with Gasteiger partial charge in [-0.05, 0) is 75.7 Å². The summed E-state index contributed by atoms with van der Waals surface area (Å²) in [7, 11) is 12.3. The van der Waals surface area contributed by atoms with Gasteiger partial charge in [-0.3, -0.25) is 4.98 Å². The second-order valence-corrected chi connectivity index (χ2v) is 9.28. The number of nitrogens with zero attached hydrogens (tertiary/aromatic N) is 4. The molecule has 0 atom stereocenters. The fraction of sp³-hybridized carbons (Fsp3) is 0.406. The number of fused-ring (bicyclic) bond motifs is 2. The first-order valence-electron chi connectivity index (χ1n) is 13.3. The van der Waals surface area contributed by atoms with Crippen LogP contribution in [-0.2, 0) is 13.1 Å². The molecular weight excluding hydrogens is 456 g/mol. The van der Waals surface area contributed by atoms with Gasteiger partial charge in [0.15, 0.2) is 0 Å². The smallest absolute Gasteiger partial charge is 0.128 e. The van der Waals surface area contributed by atoms with Crippen molar-refractivity contribution in [2.75, 3.05) is 47.2 Å². The number of hydrogen-bond acceptors (Lipinski definition) is 5. The zero-order chi connectivity index (χ0) is 27.7. The highest BCUT2D eigenvalue weighted by molar-refractivity contribution is 6.05. The Labute approximate surface area is 224 Å². The molecule has 0 bridgehead atoms. The van der Waals surface area contributed by atoms with Crippen molar-refractivity contribution in [3.63, 3.8) is 0 Å². The van der Waals surface area contributed by atoms with Crippen molar-refractivity contribution in [3.8, 4) is 5.75 Å². The van der Waals surface area contributed by atoms with Gasteiger partial charge in [-0.25, -0.2) is 0 Å². The molecule has 0 saturated carbocycles. The summed E-state index contributed by atoms with van der Waals surface area (Å²) in [5.41, 5.74) is 6.92. The number of methoxy groups -OCH3 is 1. The number of ether oxygens (including phenoxy) is 1. The number of benzene rings is 3. The largest absolute Gasteiger partial charge is 0.496 e. The molecule has 37 heavy (non-hydrogen) atoms. The van der Waals surface area contributed by atoms with E-state index in [9.17, 15) is 0 Å². The van der Waals surface area contributed by atoms with E-state index in [4.69, 9.17) is 9.72 Å². The van der Waals surface area contributed by atoms with Crippen LogP contribution in [0.5, 0.6) is 5.75 Å². The molecular formula is C32H46N4O. The topological polar surface area (TPSA) is 31.8 Å². The third-order valence-corrected chi connectivity index (χ3v) is 6.14. The fourth-order valence-corrected chi connectivity index (χ4v) is 4.69. The van der Waals surface area contributed by atoms with Gasteiger partial charge in [0.2, 0.25) is 0 Å². The van der Waals surface area contributed by atoms with Crippen LogP contribution in [0.1, 0.15) is 44.4 Å². The molecule has 0 spiro atoms. The lowest BCUT2D eigenvalue weighted by molar-refractivity contribution is 0.354. The minimum Gasteiger partial charge on any atom is -0.496 e. The summed E-state index contributed by atoms with van der Waals surface area (Å²) in [6, 6.07) is 17.4. The second-order valence-electron chi connectivity index (χ2n) is 9.28. The van der Waals surface area contributed by atoms with E-state index in [1.807, 2.05) is 33.9 Å². The predicted molar refractivity (Wildman–Crippen MR) is 163 cm³/mol. The van der Waals surface area contributed by atoms with Gasteiger partial charge >= 0.3 is 0 Å². The van der Waals surface area contributed by atoms with Crippen LogP contribution in [-0.4, -0.2) is 57.1 Å². The van der Waals surface area contributed by atoms with Crippen molar-refractivity contribution in [2.24, 2.45) is 0 Å². The number of hydrogen-bond donors (Lipinski definition) is 0. The molecule has 0 aliphatic heterocycles.